The molecule has 0 saturated heterocycles. The van der Waals surface area contributed by atoms with Crippen LogP contribution in [0.1, 0.15) is 33.8 Å². The number of hydrogen-bond donors (Lipinski definition) is 0. The van der Waals surface area contributed by atoms with Crippen molar-refractivity contribution in [2.24, 2.45) is 0 Å². The molecule has 0 saturated carbocycles. The van der Waals surface area contributed by atoms with Crippen LogP contribution in [0.5, 0.6) is 11.5 Å². The maximum Gasteiger partial charge on any atom is 0.242 e. The Bertz CT molecular complexity index is 867. The van der Waals surface area contributed by atoms with E-state index < -0.39 is 6.10 Å². The first-order chi connectivity index (χ1) is 13.7. The van der Waals surface area contributed by atoms with Gasteiger partial charge in [-0.2, -0.15) is 0 Å². The van der Waals surface area contributed by atoms with Crippen LogP contribution in [0.25, 0.3) is 0 Å². The van der Waals surface area contributed by atoms with Crippen molar-refractivity contribution in [3.05, 3.63) is 95.6 Å². The van der Waals surface area contributed by atoms with E-state index in [-0.39, 0.29) is 5.92 Å². The third kappa shape index (κ3) is 4.65. The van der Waals surface area contributed by atoms with E-state index in [1.54, 1.807) is 18.2 Å². The number of carbonyl (C=O) groups excluding carboxylic acids is 2. The number of hydrogen-bond acceptors (Lipinski definition) is 4. The molecule has 0 aliphatic rings. The van der Waals surface area contributed by atoms with Crippen molar-refractivity contribution in [3.8, 4) is 11.5 Å². The molecular formula is C24H21O4. The number of rotatable bonds is 9. The van der Waals surface area contributed by atoms with Gasteiger partial charge in [-0.1, -0.05) is 60.7 Å². The summed E-state index contributed by atoms with van der Waals surface area (Å²) < 4.78 is 11.2. The summed E-state index contributed by atoms with van der Waals surface area (Å²) in [7, 11) is 1.49. The Morgan fingerprint density at radius 3 is 2.00 bits per heavy atom. The predicted molar refractivity (Wildman–Crippen MR) is 108 cm³/mol. The molecule has 0 amide bonds. The van der Waals surface area contributed by atoms with Gasteiger partial charge in [0.15, 0.2) is 17.6 Å². The van der Waals surface area contributed by atoms with Crippen LogP contribution in [-0.2, 0) is 4.79 Å². The lowest BCUT2D eigenvalue weighted by molar-refractivity contribution is 0.112. The quantitative estimate of drug-likeness (QED) is 0.515. The fourth-order valence-corrected chi connectivity index (χ4v) is 3.18. The van der Waals surface area contributed by atoms with Gasteiger partial charge < -0.3 is 9.47 Å². The summed E-state index contributed by atoms with van der Waals surface area (Å²) >= 11 is 0. The van der Waals surface area contributed by atoms with E-state index in [9.17, 15) is 9.59 Å². The molecule has 0 spiro atoms. The fraction of sp³-hybridized carbons (Fsp3) is 0.167. The van der Waals surface area contributed by atoms with Crippen LogP contribution in [-0.4, -0.2) is 25.8 Å². The average Bonchev–Trinajstić information content (AvgIpc) is 2.77. The highest BCUT2D eigenvalue weighted by Crippen LogP contribution is 2.33. The van der Waals surface area contributed by atoms with Crippen LogP contribution in [0.4, 0.5) is 0 Å². The summed E-state index contributed by atoms with van der Waals surface area (Å²) in [6, 6.07) is 24.8. The minimum absolute atomic E-state index is 0.0194. The van der Waals surface area contributed by atoms with Gasteiger partial charge in [0, 0.05) is 17.9 Å². The minimum Gasteiger partial charge on any atom is -0.493 e. The maximum absolute atomic E-state index is 11.7. The smallest absolute Gasteiger partial charge is 0.242 e. The first kappa shape index (κ1) is 19.4. The Kier molecular flexibility index (Phi) is 6.58. The van der Waals surface area contributed by atoms with E-state index in [0.717, 1.165) is 17.4 Å². The third-order valence-corrected chi connectivity index (χ3v) is 4.58. The van der Waals surface area contributed by atoms with Gasteiger partial charge in [-0.05, 0) is 29.3 Å². The molecule has 0 N–H and O–H groups in total. The lowest BCUT2D eigenvalue weighted by Crippen LogP contribution is -2.22. The number of aldehydes is 1. The second-order valence-electron chi connectivity index (χ2n) is 6.36. The van der Waals surface area contributed by atoms with Crippen LogP contribution < -0.4 is 9.47 Å². The molecule has 0 fully saturated rings. The third-order valence-electron chi connectivity index (χ3n) is 4.58. The monoisotopic (exact) mass is 373 g/mol. The van der Waals surface area contributed by atoms with Crippen molar-refractivity contribution in [2.45, 2.75) is 18.4 Å². The molecule has 0 heterocycles. The van der Waals surface area contributed by atoms with Gasteiger partial charge in [0.05, 0.1) is 7.11 Å². The second-order valence-corrected chi connectivity index (χ2v) is 6.36. The first-order valence-corrected chi connectivity index (χ1v) is 9.02. The zero-order valence-corrected chi connectivity index (χ0v) is 15.6. The van der Waals surface area contributed by atoms with Gasteiger partial charge in [-0.3, -0.25) is 9.59 Å². The van der Waals surface area contributed by atoms with E-state index in [0.29, 0.717) is 23.5 Å². The standard InChI is InChI=1S/C24H21O4/c1-27-24-14-18(16-25)12-13-23(24)28-21(17-26)15-22(19-8-4-2-5-9-19)20-10-6-3-7-11-20/h2-14,16,21-22H,15H2,1H3. The van der Waals surface area contributed by atoms with E-state index in [1.807, 2.05) is 66.9 Å². The number of methoxy groups -OCH3 is 1. The Morgan fingerprint density at radius 2 is 1.50 bits per heavy atom. The molecule has 4 nitrogen and oxygen atoms in total. The first-order valence-electron chi connectivity index (χ1n) is 9.02. The lowest BCUT2D eigenvalue weighted by Gasteiger charge is -2.22. The van der Waals surface area contributed by atoms with Crippen molar-refractivity contribution in [3.63, 3.8) is 0 Å². The van der Waals surface area contributed by atoms with Crippen LogP contribution in [0, 0.1) is 0 Å². The van der Waals surface area contributed by atoms with Crippen LogP contribution in [0.3, 0.4) is 0 Å². The normalized spacial score (nSPS) is 11.6. The predicted octanol–water partition coefficient (Wildman–Crippen LogP) is 4.59. The Balaban J connectivity index is 1.87. The highest BCUT2D eigenvalue weighted by molar-refractivity contribution is 5.76. The Morgan fingerprint density at radius 1 is 0.893 bits per heavy atom. The summed E-state index contributed by atoms with van der Waals surface area (Å²) in [5, 5.41) is 0. The largest absolute Gasteiger partial charge is 0.493 e. The van der Waals surface area contributed by atoms with E-state index >= 15 is 0 Å². The fourth-order valence-electron chi connectivity index (χ4n) is 3.18. The van der Waals surface area contributed by atoms with E-state index in [2.05, 4.69) is 0 Å². The molecule has 3 rings (SSSR count). The van der Waals surface area contributed by atoms with Gasteiger partial charge in [0.25, 0.3) is 0 Å². The van der Waals surface area contributed by atoms with Crippen molar-refractivity contribution in [1.82, 2.24) is 0 Å². The van der Waals surface area contributed by atoms with E-state index in [4.69, 9.17) is 9.47 Å². The van der Waals surface area contributed by atoms with E-state index in [1.165, 1.54) is 7.11 Å². The summed E-state index contributed by atoms with van der Waals surface area (Å²) in [6.45, 7) is 0. The van der Waals surface area contributed by atoms with Gasteiger partial charge in [-0.25, -0.2) is 0 Å². The zero-order chi connectivity index (χ0) is 19.8. The molecule has 0 aliphatic heterocycles. The Hall–Kier alpha value is -3.40. The molecule has 141 valence electrons. The molecule has 1 atom stereocenters. The van der Waals surface area contributed by atoms with Crippen LogP contribution >= 0.6 is 0 Å². The molecule has 0 aliphatic carbocycles. The number of benzene rings is 3. The van der Waals surface area contributed by atoms with Crippen molar-refractivity contribution >= 4 is 12.6 Å². The molecule has 1 radical (unpaired) electrons. The summed E-state index contributed by atoms with van der Waals surface area (Å²) in [5.41, 5.74) is 2.67. The average molecular weight is 373 g/mol. The number of carbonyl (C=O) groups is 1. The summed E-state index contributed by atoms with van der Waals surface area (Å²) in [6.07, 6.45) is 2.37. The summed E-state index contributed by atoms with van der Waals surface area (Å²) in [4.78, 5) is 22.6. The molecular weight excluding hydrogens is 352 g/mol. The van der Waals surface area contributed by atoms with Crippen LogP contribution in [0.2, 0.25) is 0 Å². The molecule has 0 bridgehead atoms. The van der Waals surface area contributed by atoms with Crippen molar-refractivity contribution < 1.29 is 19.1 Å². The molecule has 3 aromatic rings. The number of ether oxygens (including phenoxy) is 2. The van der Waals surface area contributed by atoms with Gasteiger partial charge in [0.1, 0.15) is 6.29 Å². The molecule has 3 aromatic carbocycles. The topological polar surface area (TPSA) is 52.6 Å². The molecule has 1 unspecified atom stereocenters. The van der Waals surface area contributed by atoms with Crippen LogP contribution in [0.15, 0.2) is 78.9 Å². The molecule has 0 aromatic heterocycles. The zero-order valence-electron chi connectivity index (χ0n) is 15.6. The van der Waals surface area contributed by atoms with Gasteiger partial charge >= 0.3 is 0 Å². The highest BCUT2D eigenvalue weighted by atomic mass is 16.5. The minimum atomic E-state index is -0.790. The van der Waals surface area contributed by atoms with Crippen molar-refractivity contribution in [1.29, 1.82) is 0 Å². The molecule has 4 heteroatoms. The SMILES string of the molecule is COc1cc(C=O)ccc1OC([C]=O)CC(c1ccccc1)c1ccccc1. The second kappa shape index (κ2) is 9.51. The van der Waals surface area contributed by atoms with Gasteiger partial charge in [0.2, 0.25) is 6.29 Å². The van der Waals surface area contributed by atoms with Gasteiger partial charge in [-0.15, -0.1) is 0 Å². The Labute approximate surface area is 164 Å². The highest BCUT2D eigenvalue weighted by Gasteiger charge is 2.22. The maximum atomic E-state index is 11.7. The molecule has 28 heavy (non-hydrogen) atoms. The van der Waals surface area contributed by atoms with Crippen molar-refractivity contribution in [2.75, 3.05) is 7.11 Å². The lowest BCUT2D eigenvalue weighted by atomic mass is 9.87. The summed E-state index contributed by atoms with van der Waals surface area (Å²) in [5.74, 6) is 0.788.